The van der Waals surface area contributed by atoms with Gasteiger partial charge in [0.1, 0.15) is 0 Å². The van der Waals surface area contributed by atoms with Crippen molar-refractivity contribution in [2.45, 2.75) is 13.7 Å². The highest BCUT2D eigenvalue weighted by Gasteiger charge is 1.81. The predicted molar refractivity (Wildman–Crippen MR) is 22.3 cm³/mol. The number of hydrogen-bond donors (Lipinski definition) is 0. The van der Waals surface area contributed by atoms with Crippen LogP contribution < -0.4 is 0 Å². The lowest BCUT2D eigenvalue weighted by molar-refractivity contribution is -0.140. The Labute approximate surface area is 48.3 Å². The van der Waals surface area contributed by atoms with E-state index in [0.29, 0.717) is 0 Å². The molecule has 0 aliphatic carbocycles. The van der Waals surface area contributed by atoms with Gasteiger partial charge in [0, 0.05) is 15.1 Å². The Morgan fingerprint density at radius 1 is 2.33 bits per heavy atom. The molecule has 0 aromatic heterocycles. The van der Waals surface area contributed by atoms with E-state index in [2.05, 4.69) is 4.74 Å². The molecule has 0 heterocycles. The highest BCUT2D eigenvalue weighted by atomic mass is 16.5. The van der Waals surface area contributed by atoms with E-state index in [-0.39, 0.29) is 0 Å². The zero-order chi connectivity index (χ0) is 11.8. The lowest BCUT2D eigenvalue weighted by atomic mass is 10.8. The van der Waals surface area contributed by atoms with E-state index in [1.54, 1.807) is 0 Å². The van der Waals surface area contributed by atoms with Gasteiger partial charge in [-0.2, -0.15) is 0 Å². The van der Waals surface area contributed by atoms with Crippen LogP contribution in [0, 0.1) is 0 Å². The Kier molecular flexibility index (Phi) is 0.316. The van der Waals surface area contributed by atoms with Gasteiger partial charge in [-0.25, -0.2) is 0 Å². The van der Waals surface area contributed by atoms with Crippen molar-refractivity contribution in [1.29, 1.82) is 0 Å². The van der Waals surface area contributed by atoms with Gasteiger partial charge in [0.05, 0.1) is 9.30 Å². The van der Waals surface area contributed by atoms with Crippen LogP contribution in [0.2, 0.25) is 0 Å². The third kappa shape index (κ3) is 3.47. The first-order valence-electron chi connectivity index (χ1n) is 5.11. The monoisotopic (exact) mass is 96.1 g/mol. The molecule has 0 aromatic rings. The van der Waals surface area contributed by atoms with Gasteiger partial charge in [-0.3, -0.25) is 4.79 Å². The zero-order valence-electron chi connectivity index (χ0n) is 10.8. The SMILES string of the molecule is [2H]C([2H])([2H])C(=O)OC([2H])([2H])C([2H])([2H])[2H]. The summed E-state index contributed by atoms with van der Waals surface area (Å²) in [5.41, 5.74) is 0. The van der Waals surface area contributed by atoms with Crippen molar-refractivity contribution in [3.8, 4) is 0 Å². The maximum Gasteiger partial charge on any atom is 0.302 e. The third-order valence-electron chi connectivity index (χ3n) is 0.144. The summed E-state index contributed by atoms with van der Waals surface area (Å²) in [5.74, 6) is -1.88. The fourth-order valence-electron chi connectivity index (χ4n) is 0.0463. The van der Waals surface area contributed by atoms with E-state index in [1.165, 1.54) is 0 Å². The lowest BCUT2D eigenvalue weighted by Gasteiger charge is -1.89. The second kappa shape index (κ2) is 2.69. The molecule has 0 spiro atoms. The minimum Gasteiger partial charge on any atom is -0.466 e. The van der Waals surface area contributed by atoms with Crippen LogP contribution in [0.1, 0.15) is 24.7 Å². The maximum absolute atomic E-state index is 10.7. The van der Waals surface area contributed by atoms with E-state index in [9.17, 15) is 4.79 Å². The van der Waals surface area contributed by atoms with Crippen LogP contribution in [-0.2, 0) is 9.53 Å². The van der Waals surface area contributed by atoms with Crippen LogP contribution in [0.4, 0.5) is 0 Å². The highest BCUT2D eigenvalue weighted by Crippen LogP contribution is 1.69. The molecule has 36 valence electrons. The summed E-state index contributed by atoms with van der Waals surface area (Å²) in [5, 5.41) is 0. The summed E-state index contributed by atoms with van der Waals surface area (Å²) in [6.07, 6.45) is 0. The highest BCUT2D eigenvalue weighted by molar-refractivity contribution is 5.65. The van der Waals surface area contributed by atoms with Crippen molar-refractivity contribution < 1.29 is 20.5 Å². The fourth-order valence-corrected chi connectivity index (χ4v) is 0.0463. The molecule has 6 heavy (non-hydrogen) atoms. The Hall–Kier alpha value is -0.530. The van der Waals surface area contributed by atoms with Gasteiger partial charge in [0.25, 0.3) is 0 Å². The lowest BCUT2D eigenvalue weighted by Crippen LogP contribution is -1.95. The molecule has 0 atom stereocenters. The first-order chi connectivity index (χ1) is 5.88. The van der Waals surface area contributed by atoms with Gasteiger partial charge in [0.15, 0.2) is 0 Å². The second-order valence-corrected chi connectivity index (χ2v) is 0.492. The maximum atomic E-state index is 10.7. The number of hydrogen-bond acceptors (Lipinski definition) is 2. The molecule has 0 amide bonds. The zero-order valence-corrected chi connectivity index (χ0v) is 2.82. The van der Waals surface area contributed by atoms with Crippen molar-refractivity contribution >= 4 is 5.97 Å². The van der Waals surface area contributed by atoms with Gasteiger partial charge >= 0.3 is 5.97 Å². The summed E-state index contributed by atoms with van der Waals surface area (Å²) in [7, 11) is 0. The first kappa shape index (κ1) is 0.703. The van der Waals surface area contributed by atoms with Gasteiger partial charge in [-0.05, 0) is 6.85 Å². The van der Waals surface area contributed by atoms with Gasteiger partial charge < -0.3 is 4.74 Å². The van der Waals surface area contributed by atoms with Gasteiger partial charge in [-0.1, -0.05) is 0 Å². The molecule has 0 unspecified atom stereocenters. The molecule has 0 saturated heterocycles. The average molecular weight is 96.2 g/mol. The summed E-state index contributed by atoms with van der Waals surface area (Å²) in [6.45, 7) is -9.68. The number of esters is 1. The molecule has 0 aliphatic heterocycles. The summed E-state index contributed by atoms with van der Waals surface area (Å²) >= 11 is 0. The molecule has 0 radical (unpaired) electrons. The minimum absolute atomic E-state index is 1.88. The van der Waals surface area contributed by atoms with Crippen LogP contribution in [-0.4, -0.2) is 12.5 Å². The van der Waals surface area contributed by atoms with Crippen molar-refractivity contribution in [3.05, 3.63) is 0 Å². The topological polar surface area (TPSA) is 26.3 Å². The average Bonchev–Trinajstić information content (AvgIpc) is 1.80. The van der Waals surface area contributed by atoms with E-state index < -0.39 is 26.2 Å². The molecule has 2 nitrogen and oxygen atoms in total. The van der Waals surface area contributed by atoms with E-state index in [4.69, 9.17) is 11.0 Å². The quantitative estimate of drug-likeness (QED) is 0.446. The number of carbonyl (C=O) groups is 1. The van der Waals surface area contributed by atoms with Crippen LogP contribution >= 0.6 is 0 Å². The standard InChI is InChI=1S/C4H8O2/c1-3-6-4(2)5/h3H2,1-2H3/i1D3,2D3,3D2. The number of rotatable bonds is 1. The first-order valence-corrected chi connectivity index (χ1v) is 1.11. The summed E-state index contributed by atoms with van der Waals surface area (Å²) in [6, 6.07) is 0. The molecule has 0 aliphatic rings. The third-order valence-corrected chi connectivity index (χ3v) is 0.144. The summed E-state index contributed by atoms with van der Waals surface area (Å²) < 4.78 is 56.8. The molecular weight excluding hydrogens is 80.0 g/mol. The molecule has 0 saturated carbocycles. The Morgan fingerprint density at radius 2 is 3.17 bits per heavy atom. The molecular formula is C4H8O2. The summed E-state index contributed by atoms with van der Waals surface area (Å²) in [4.78, 5) is 10.7. The van der Waals surface area contributed by atoms with Crippen molar-refractivity contribution in [1.82, 2.24) is 0 Å². The molecule has 2 heteroatoms. The van der Waals surface area contributed by atoms with Crippen LogP contribution in [0.3, 0.4) is 0 Å². The Morgan fingerprint density at radius 3 is 3.67 bits per heavy atom. The smallest absolute Gasteiger partial charge is 0.302 e. The van der Waals surface area contributed by atoms with Crippen molar-refractivity contribution in [2.75, 3.05) is 6.56 Å². The van der Waals surface area contributed by atoms with Gasteiger partial charge in [0.2, 0.25) is 0 Å². The van der Waals surface area contributed by atoms with Gasteiger partial charge in [-0.15, -0.1) is 0 Å². The van der Waals surface area contributed by atoms with E-state index in [1.807, 2.05) is 0 Å². The van der Waals surface area contributed by atoms with Crippen LogP contribution in [0.15, 0.2) is 0 Å². The normalized spacial score (nSPS) is 34.0. The number of carbonyl (C=O) groups excluding carboxylic acids is 1. The Balaban J connectivity index is 4.62. The largest absolute Gasteiger partial charge is 0.466 e. The Bertz CT molecular complexity index is 224. The fraction of sp³-hybridized carbons (Fsp3) is 0.750. The molecule has 0 fully saturated rings. The number of ether oxygens (including phenoxy) is 1. The second-order valence-electron chi connectivity index (χ2n) is 0.492. The van der Waals surface area contributed by atoms with E-state index >= 15 is 0 Å². The molecule has 0 N–H and O–H groups in total. The molecule has 0 bridgehead atoms. The van der Waals surface area contributed by atoms with Crippen LogP contribution in [0.5, 0.6) is 0 Å². The predicted octanol–water partition coefficient (Wildman–Crippen LogP) is 0.569. The van der Waals surface area contributed by atoms with Crippen molar-refractivity contribution in [3.63, 3.8) is 0 Å². The van der Waals surface area contributed by atoms with Crippen molar-refractivity contribution in [2.24, 2.45) is 0 Å². The minimum atomic E-state index is -3.29. The van der Waals surface area contributed by atoms with E-state index in [0.717, 1.165) is 0 Å². The molecule has 0 rings (SSSR count). The van der Waals surface area contributed by atoms with Crippen LogP contribution in [0.25, 0.3) is 0 Å². The molecule has 0 aromatic carbocycles.